The van der Waals surface area contributed by atoms with Crippen molar-refractivity contribution in [3.63, 3.8) is 0 Å². The zero-order valence-electron chi connectivity index (χ0n) is 17.0. The van der Waals surface area contributed by atoms with Gasteiger partial charge in [-0.3, -0.25) is 14.5 Å². The molecule has 3 rings (SSSR count). The minimum atomic E-state index is -4.45. The predicted octanol–water partition coefficient (Wildman–Crippen LogP) is 4.42. The van der Waals surface area contributed by atoms with Gasteiger partial charge in [0, 0.05) is 19.6 Å². The molecule has 1 aliphatic rings. The summed E-state index contributed by atoms with van der Waals surface area (Å²) in [5, 5.41) is 3.03. The first-order chi connectivity index (χ1) is 14.6. The van der Waals surface area contributed by atoms with Crippen LogP contribution >= 0.6 is 11.6 Å². The third kappa shape index (κ3) is 6.45. The van der Waals surface area contributed by atoms with E-state index in [1.54, 1.807) is 35.2 Å². The first-order valence-electron chi connectivity index (χ1n) is 9.82. The summed E-state index contributed by atoms with van der Waals surface area (Å²) in [4.78, 5) is 27.9. The molecule has 1 fully saturated rings. The van der Waals surface area contributed by atoms with E-state index in [9.17, 15) is 22.8 Å². The number of rotatable bonds is 8. The first kappa shape index (κ1) is 23.1. The lowest BCUT2D eigenvalue weighted by Crippen LogP contribution is -2.42. The number of nitrogens with one attached hydrogen (secondary N) is 1. The van der Waals surface area contributed by atoms with Crippen LogP contribution in [0.2, 0.25) is 5.02 Å². The van der Waals surface area contributed by atoms with Crippen molar-refractivity contribution in [1.82, 2.24) is 9.80 Å². The van der Waals surface area contributed by atoms with Crippen molar-refractivity contribution in [3.8, 4) is 0 Å². The molecule has 0 saturated heterocycles. The zero-order chi connectivity index (χ0) is 22.6. The van der Waals surface area contributed by atoms with Gasteiger partial charge in [0.15, 0.2) is 0 Å². The van der Waals surface area contributed by atoms with Crippen LogP contribution < -0.4 is 5.32 Å². The van der Waals surface area contributed by atoms with E-state index in [1.165, 1.54) is 24.1 Å². The van der Waals surface area contributed by atoms with E-state index >= 15 is 0 Å². The Labute approximate surface area is 183 Å². The Kier molecular flexibility index (Phi) is 7.23. The smallest absolute Gasteiger partial charge is 0.335 e. The average Bonchev–Trinajstić information content (AvgIpc) is 3.54. The topological polar surface area (TPSA) is 52.7 Å². The van der Waals surface area contributed by atoms with E-state index in [1.807, 2.05) is 0 Å². The highest BCUT2D eigenvalue weighted by Gasteiger charge is 2.36. The van der Waals surface area contributed by atoms with Gasteiger partial charge in [0.2, 0.25) is 11.8 Å². The largest absolute Gasteiger partial charge is 0.416 e. The molecular weight excluding hydrogens is 431 g/mol. The van der Waals surface area contributed by atoms with E-state index in [4.69, 9.17) is 11.6 Å². The molecule has 9 heteroatoms. The molecule has 1 N–H and O–H groups in total. The number of carbonyl (C=O) groups is 2. The van der Waals surface area contributed by atoms with Gasteiger partial charge in [-0.2, -0.15) is 13.2 Å². The predicted molar refractivity (Wildman–Crippen MR) is 113 cm³/mol. The van der Waals surface area contributed by atoms with E-state index in [0.717, 1.165) is 18.9 Å². The molecule has 0 heterocycles. The van der Waals surface area contributed by atoms with Crippen LogP contribution in [0.3, 0.4) is 0 Å². The highest BCUT2D eigenvalue weighted by molar-refractivity contribution is 6.33. The Morgan fingerprint density at radius 1 is 1.06 bits per heavy atom. The van der Waals surface area contributed by atoms with Crippen molar-refractivity contribution in [1.29, 1.82) is 0 Å². The molecule has 1 aliphatic carbocycles. The molecule has 0 unspecified atom stereocenters. The maximum Gasteiger partial charge on any atom is 0.416 e. The van der Waals surface area contributed by atoms with Crippen LogP contribution in [0, 0.1) is 0 Å². The minimum absolute atomic E-state index is 0.0196. The number of benzene rings is 2. The van der Waals surface area contributed by atoms with Gasteiger partial charge >= 0.3 is 6.18 Å². The van der Waals surface area contributed by atoms with Gasteiger partial charge in [-0.25, -0.2) is 0 Å². The number of amides is 2. The molecule has 2 amide bonds. The normalized spacial score (nSPS) is 13.9. The van der Waals surface area contributed by atoms with Crippen molar-refractivity contribution >= 4 is 29.1 Å². The van der Waals surface area contributed by atoms with Gasteiger partial charge in [0.1, 0.15) is 0 Å². The number of para-hydroxylation sites is 1. The Morgan fingerprint density at radius 2 is 1.71 bits per heavy atom. The van der Waals surface area contributed by atoms with E-state index in [2.05, 4.69) is 5.32 Å². The number of alkyl halides is 3. The summed E-state index contributed by atoms with van der Waals surface area (Å²) < 4.78 is 39.9. The van der Waals surface area contributed by atoms with Gasteiger partial charge in [0.25, 0.3) is 0 Å². The highest BCUT2D eigenvalue weighted by Crippen LogP contribution is 2.34. The number of hydrogen-bond donors (Lipinski definition) is 1. The second-order valence-corrected chi connectivity index (χ2v) is 7.98. The van der Waals surface area contributed by atoms with Crippen LogP contribution in [0.25, 0.3) is 0 Å². The lowest BCUT2D eigenvalue weighted by molar-refractivity contribution is -0.138. The Bertz CT molecular complexity index is 948. The summed E-state index contributed by atoms with van der Waals surface area (Å²) in [6.07, 6.45) is -2.79. The number of nitrogens with zero attached hydrogens (tertiary/aromatic N) is 2. The fourth-order valence-electron chi connectivity index (χ4n) is 3.26. The average molecular weight is 454 g/mol. The van der Waals surface area contributed by atoms with Crippen LogP contribution in [0.5, 0.6) is 0 Å². The highest BCUT2D eigenvalue weighted by atomic mass is 35.5. The zero-order valence-corrected chi connectivity index (χ0v) is 17.7. The number of carbonyl (C=O) groups excluding carboxylic acids is 2. The van der Waals surface area contributed by atoms with Crippen molar-refractivity contribution in [2.75, 3.05) is 25.5 Å². The van der Waals surface area contributed by atoms with Crippen LogP contribution in [-0.2, 0) is 22.3 Å². The minimum Gasteiger partial charge on any atom is -0.335 e. The molecule has 0 bridgehead atoms. The number of halogens is 4. The van der Waals surface area contributed by atoms with Crippen LogP contribution in [-0.4, -0.2) is 47.8 Å². The fourth-order valence-corrected chi connectivity index (χ4v) is 3.44. The van der Waals surface area contributed by atoms with Crippen molar-refractivity contribution in [2.45, 2.75) is 31.6 Å². The van der Waals surface area contributed by atoms with Crippen molar-refractivity contribution in [2.24, 2.45) is 0 Å². The molecule has 2 aromatic rings. The Hall–Kier alpha value is -2.58. The summed E-state index contributed by atoms with van der Waals surface area (Å²) in [5.41, 5.74) is -0.118. The third-order valence-electron chi connectivity index (χ3n) is 5.05. The third-order valence-corrected chi connectivity index (χ3v) is 5.38. The standard InChI is InChI=1S/C22H23ClF3N3O2/c1-28(13-20(30)27-19-9-5-4-8-18(19)23)21(31)14-29(16-10-11-16)12-15-6-2-3-7-17(15)22(24,25)26/h2-9,16H,10-14H2,1H3,(H,27,30). The lowest BCUT2D eigenvalue weighted by Gasteiger charge is -2.26. The van der Waals surface area contributed by atoms with Crippen LogP contribution in [0.4, 0.5) is 18.9 Å². The number of likely N-dealkylation sites (N-methyl/N-ethyl adjacent to an activating group) is 1. The van der Waals surface area contributed by atoms with Gasteiger partial charge in [-0.05, 0) is 36.6 Å². The maximum atomic E-state index is 13.3. The fraction of sp³-hybridized carbons (Fsp3) is 0.364. The summed E-state index contributed by atoms with van der Waals surface area (Å²) in [6, 6.07) is 12.2. The molecule has 5 nitrogen and oxygen atoms in total. The molecule has 166 valence electrons. The second kappa shape index (κ2) is 9.70. The second-order valence-electron chi connectivity index (χ2n) is 7.57. The quantitative estimate of drug-likeness (QED) is 0.643. The van der Waals surface area contributed by atoms with Gasteiger partial charge in [-0.1, -0.05) is 41.9 Å². The van der Waals surface area contributed by atoms with Crippen molar-refractivity contribution in [3.05, 3.63) is 64.7 Å². The summed E-state index contributed by atoms with van der Waals surface area (Å²) >= 11 is 6.02. The van der Waals surface area contributed by atoms with E-state index < -0.39 is 17.6 Å². The molecule has 0 aliphatic heterocycles. The molecule has 2 aromatic carbocycles. The Morgan fingerprint density at radius 3 is 2.35 bits per heavy atom. The number of anilines is 1. The van der Waals surface area contributed by atoms with E-state index in [0.29, 0.717) is 10.7 Å². The van der Waals surface area contributed by atoms with Gasteiger partial charge in [0.05, 0.1) is 29.4 Å². The van der Waals surface area contributed by atoms with Gasteiger partial charge in [-0.15, -0.1) is 0 Å². The monoisotopic (exact) mass is 453 g/mol. The first-order valence-corrected chi connectivity index (χ1v) is 10.2. The van der Waals surface area contributed by atoms with Crippen LogP contribution in [0.15, 0.2) is 48.5 Å². The van der Waals surface area contributed by atoms with E-state index in [-0.39, 0.29) is 37.1 Å². The summed E-state index contributed by atoms with van der Waals surface area (Å²) in [7, 11) is 1.49. The maximum absolute atomic E-state index is 13.3. The van der Waals surface area contributed by atoms with Gasteiger partial charge < -0.3 is 10.2 Å². The molecule has 31 heavy (non-hydrogen) atoms. The summed E-state index contributed by atoms with van der Waals surface area (Å²) in [6.45, 7) is -0.236. The SMILES string of the molecule is CN(CC(=O)Nc1ccccc1Cl)C(=O)CN(Cc1ccccc1C(F)(F)F)C1CC1. The summed E-state index contributed by atoms with van der Waals surface area (Å²) in [5.74, 6) is -0.755. The molecule has 0 radical (unpaired) electrons. The molecule has 0 atom stereocenters. The molecule has 1 saturated carbocycles. The lowest BCUT2D eigenvalue weighted by atomic mass is 10.1. The van der Waals surface area contributed by atoms with Crippen LogP contribution in [0.1, 0.15) is 24.0 Å². The molecule has 0 spiro atoms. The number of hydrogen-bond acceptors (Lipinski definition) is 3. The molecule has 0 aromatic heterocycles. The Balaban J connectivity index is 1.61. The van der Waals surface area contributed by atoms with Crippen molar-refractivity contribution < 1.29 is 22.8 Å². The molecular formula is C22H23ClF3N3O2.